The lowest BCUT2D eigenvalue weighted by Crippen LogP contribution is -2.09. The first-order chi connectivity index (χ1) is 26.6. The van der Waals surface area contributed by atoms with Crippen LogP contribution < -0.4 is 21.2 Å². The summed E-state index contributed by atoms with van der Waals surface area (Å²) < 4.78 is 12.8. The van der Waals surface area contributed by atoms with Crippen molar-refractivity contribution in [3.05, 3.63) is 194 Å². The molecule has 0 spiro atoms. The average Bonchev–Trinajstić information content (AvgIpc) is 3.27. The van der Waals surface area contributed by atoms with E-state index < -0.39 is 0 Å². The van der Waals surface area contributed by atoms with Gasteiger partial charge in [0.2, 0.25) is 0 Å². The largest absolute Gasteiger partial charge is 0.388 e. The van der Waals surface area contributed by atoms with Crippen molar-refractivity contribution in [3.8, 4) is 0 Å². The maximum atomic E-state index is 4.25. The number of methoxy groups -OCH3 is 3. The molecule has 6 aromatic carbocycles. The fourth-order valence-electron chi connectivity index (χ4n) is 3.43. The fraction of sp³-hybridized carbons (Fsp3) is 0.265. The zero-order valence-electron chi connectivity index (χ0n) is 35.6. The van der Waals surface area contributed by atoms with Crippen LogP contribution >= 0.6 is 16.5 Å². The maximum Gasteiger partial charge on any atom is 0.0351 e. The Labute approximate surface area is 335 Å². The minimum absolute atomic E-state index is 0.171. The Hall–Kier alpha value is -3.94. The van der Waals surface area contributed by atoms with E-state index in [1.165, 1.54) is 21.2 Å². The number of benzene rings is 6. The van der Waals surface area contributed by atoms with Crippen molar-refractivity contribution in [2.24, 2.45) is 0 Å². The van der Waals surface area contributed by atoms with Crippen LogP contribution in [0.4, 0.5) is 0 Å². The average molecular weight is 771 g/mol. The van der Waals surface area contributed by atoms with Gasteiger partial charge < -0.3 is 14.2 Å². The van der Waals surface area contributed by atoms with Gasteiger partial charge in [-0.15, -0.1) is 0 Å². The highest BCUT2D eigenvalue weighted by molar-refractivity contribution is 7.72. The second-order valence-corrected chi connectivity index (χ2v) is 13.2. The van der Waals surface area contributed by atoms with Crippen LogP contribution in [0.3, 0.4) is 0 Å². The number of hydrogen-bond donors (Lipinski definition) is 0. The Bertz CT molecular complexity index is 1240. The van der Waals surface area contributed by atoms with Gasteiger partial charge in [-0.05, 0) is 35.8 Å². The Balaban J connectivity index is -0.000000285. The zero-order chi connectivity index (χ0) is 41.3. The van der Waals surface area contributed by atoms with Crippen LogP contribution in [0.25, 0.3) is 0 Å². The van der Waals surface area contributed by atoms with E-state index in [-0.39, 0.29) is 7.92 Å². The third kappa shape index (κ3) is 39.3. The Morgan fingerprint density at radius 2 is 0.444 bits per heavy atom. The van der Waals surface area contributed by atoms with E-state index in [0.717, 1.165) is 8.58 Å². The summed E-state index contributed by atoms with van der Waals surface area (Å²) in [5.74, 6) is 0. The second kappa shape index (κ2) is 51.2. The standard InChI is InChI=1S/C13H13P.C12H11P.2C6H6.3C2H6O.3C2H6/c1-14(12-8-4-2-5-9-12)13-10-6-3-7-11-13;1-3-7-11(8-4-1)13-12-9-5-2-6-10-12;2*1-2-4-6-5-3-1;3*1-3-2;3*1-2/h2-11H,1H3;1-10,13H;2*1-6H;3*1-2H3;3*1-2H3. The van der Waals surface area contributed by atoms with Crippen molar-refractivity contribution in [2.45, 2.75) is 41.5 Å². The SMILES string of the molecule is CC.CC.CC.COC.COC.COC.CP(c1ccccc1)c1ccccc1.c1ccc(Pc2ccccc2)cc1.c1ccccc1.c1ccccc1. The van der Waals surface area contributed by atoms with Gasteiger partial charge in [0, 0.05) is 42.7 Å². The first kappa shape index (κ1) is 56.8. The molecule has 0 heterocycles. The molecule has 0 unspecified atom stereocenters. The molecular formula is C49H72O3P2. The van der Waals surface area contributed by atoms with Crippen LogP contribution in [-0.2, 0) is 14.2 Å². The van der Waals surface area contributed by atoms with Gasteiger partial charge in [-0.1, -0.05) is 244 Å². The van der Waals surface area contributed by atoms with Gasteiger partial charge in [-0.3, -0.25) is 0 Å². The topological polar surface area (TPSA) is 27.7 Å². The fourth-order valence-corrected chi connectivity index (χ4v) is 6.02. The van der Waals surface area contributed by atoms with E-state index in [4.69, 9.17) is 0 Å². The van der Waals surface area contributed by atoms with Crippen LogP contribution in [0.5, 0.6) is 0 Å². The summed E-state index contributed by atoms with van der Waals surface area (Å²) >= 11 is 0. The smallest absolute Gasteiger partial charge is 0.0351 e. The normalized spacial score (nSPS) is 8.19. The molecule has 0 saturated carbocycles. The number of hydrogen-bond acceptors (Lipinski definition) is 3. The minimum atomic E-state index is -0.171. The molecule has 0 amide bonds. The lowest BCUT2D eigenvalue weighted by atomic mass is 10.4. The molecule has 6 aromatic rings. The van der Waals surface area contributed by atoms with Crippen LogP contribution in [-0.4, -0.2) is 49.3 Å². The van der Waals surface area contributed by atoms with Crippen molar-refractivity contribution >= 4 is 37.7 Å². The van der Waals surface area contributed by atoms with Gasteiger partial charge in [-0.25, -0.2) is 0 Å². The van der Waals surface area contributed by atoms with Gasteiger partial charge in [0.25, 0.3) is 0 Å². The first-order valence-corrected chi connectivity index (χ1v) is 21.3. The van der Waals surface area contributed by atoms with Crippen LogP contribution in [0, 0.1) is 0 Å². The van der Waals surface area contributed by atoms with E-state index in [2.05, 4.69) is 142 Å². The summed E-state index contributed by atoms with van der Waals surface area (Å²) in [5, 5.41) is 5.67. The van der Waals surface area contributed by atoms with Crippen LogP contribution in [0.2, 0.25) is 0 Å². The quantitative estimate of drug-likeness (QED) is 0.167. The molecule has 0 aliphatic carbocycles. The molecule has 5 heteroatoms. The molecule has 0 radical (unpaired) electrons. The molecule has 0 aliphatic rings. The highest BCUT2D eigenvalue weighted by Crippen LogP contribution is 2.27. The van der Waals surface area contributed by atoms with E-state index in [9.17, 15) is 0 Å². The van der Waals surface area contributed by atoms with Crippen LogP contribution in [0.15, 0.2) is 194 Å². The van der Waals surface area contributed by atoms with Gasteiger partial charge >= 0.3 is 0 Å². The third-order valence-electron chi connectivity index (χ3n) is 5.46. The molecule has 296 valence electrons. The lowest BCUT2D eigenvalue weighted by Gasteiger charge is -2.12. The molecule has 0 fully saturated rings. The summed E-state index contributed by atoms with van der Waals surface area (Å²) in [5.41, 5.74) is 0. The van der Waals surface area contributed by atoms with Gasteiger partial charge in [-0.2, -0.15) is 0 Å². The second-order valence-electron chi connectivity index (χ2n) is 9.62. The van der Waals surface area contributed by atoms with Crippen molar-refractivity contribution in [2.75, 3.05) is 49.3 Å². The van der Waals surface area contributed by atoms with Gasteiger partial charge in [0.1, 0.15) is 0 Å². The molecule has 0 atom stereocenters. The molecule has 0 N–H and O–H groups in total. The highest BCUT2D eigenvalue weighted by atomic mass is 31.1. The summed E-state index contributed by atoms with van der Waals surface area (Å²) in [4.78, 5) is 0. The molecule has 3 nitrogen and oxygen atoms in total. The molecule has 0 aromatic heterocycles. The summed E-state index contributed by atoms with van der Waals surface area (Å²) in [6, 6.07) is 66.5. The molecule has 0 saturated heterocycles. The van der Waals surface area contributed by atoms with Crippen molar-refractivity contribution in [1.82, 2.24) is 0 Å². The van der Waals surface area contributed by atoms with Crippen molar-refractivity contribution in [1.29, 1.82) is 0 Å². The maximum absolute atomic E-state index is 4.25. The summed E-state index contributed by atoms with van der Waals surface area (Å²) in [6.45, 7) is 14.3. The van der Waals surface area contributed by atoms with Gasteiger partial charge in [0.15, 0.2) is 0 Å². The molecular weight excluding hydrogens is 698 g/mol. The number of ether oxygens (including phenoxy) is 3. The lowest BCUT2D eigenvalue weighted by molar-refractivity contribution is 0.277. The molecule has 0 aliphatic heterocycles. The predicted molar refractivity (Wildman–Crippen MR) is 251 cm³/mol. The first-order valence-electron chi connectivity index (χ1n) is 18.5. The van der Waals surface area contributed by atoms with E-state index >= 15 is 0 Å². The Morgan fingerprint density at radius 3 is 0.630 bits per heavy atom. The minimum Gasteiger partial charge on any atom is -0.388 e. The molecule has 6 rings (SSSR count). The molecule has 54 heavy (non-hydrogen) atoms. The van der Waals surface area contributed by atoms with Crippen molar-refractivity contribution in [3.63, 3.8) is 0 Å². The summed E-state index contributed by atoms with van der Waals surface area (Å²) in [7, 11) is 10.4. The highest BCUT2D eigenvalue weighted by Gasteiger charge is 2.05. The van der Waals surface area contributed by atoms with E-state index in [1.807, 2.05) is 114 Å². The van der Waals surface area contributed by atoms with Gasteiger partial charge in [0.05, 0.1) is 0 Å². The Kier molecular flexibility index (Phi) is 53.8. The monoisotopic (exact) mass is 770 g/mol. The van der Waals surface area contributed by atoms with E-state index in [1.54, 1.807) is 42.7 Å². The molecule has 0 bridgehead atoms. The van der Waals surface area contributed by atoms with Crippen LogP contribution in [0.1, 0.15) is 41.5 Å². The predicted octanol–water partition coefficient (Wildman–Crippen LogP) is 12.3. The Morgan fingerprint density at radius 1 is 0.296 bits per heavy atom. The summed E-state index contributed by atoms with van der Waals surface area (Å²) in [6.07, 6.45) is 0. The van der Waals surface area contributed by atoms with E-state index in [0.29, 0.717) is 0 Å². The number of rotatable bonds is 4. The van der Waals surface area contributed by atoms with Crippen molar-refractivity contribution < 1.29 is 14.2 Å². The third-order valence-corrected chi connectivity index (χ3v) is 8.85. The zero-order valence-corrected chi connectivity index (χ0v) is 37.5.